The van der Waals surface area contributed by atoms with Crippen molar-refractivity contribution in [2.75, 3.05) is 32.1 Å². The van der Waals surface area contributed by atoms with Crippen LogP contribution in [0, 0.1) is 0 Å². The normalized spacial score (nSPS) is 11.6. The van der Waals surface area contributed by atoms with E-state index < -0.39 is 18.7 Å². The number of aliphatic hydroxyl groups excluding tert-OH is 2. The lowest BCUT2D eigenvalue weighted by Crippen LogP contribution is -2.38. The van der Waals surface area contributed by atoms with Gasteiger partial charge in [-0.15, -0.1) is 0 Å². The summed E-state index contributed by atoms with van der Waals surface area (Å²) in [5, 5.41) is 20.8. The van der Waals surface area contributed by atoms with Gasteiger partial charge in [0, 0.05) is 7.05 Å². The zero-order valence-corrected chi connectivity index (χ0v) is 12.4. The van der Waals surface area contributed by atoms with Crippen molar-refractivity contribution in [2.45, 2.75) is 13.0 Å². The quantitative estimate of drug-likeness (QED) is 0.665. The molecule has 0 aromatic heterocycles. The fourth-order valence-electron chi connectivity index (χ4n) is 1.56. The average molecular weight is 294 g/mol. The first kappa shape index (κ1) is 17.0. The molecule has 116 valence electrons. The van der Waals surface area contributed by atoms with Gasteiger partial charge in [0.2, 0.25) is 0 Å². The van der Waals surface area contributed by atoms with Gasteiger partial charge in [0.25, 0.3) is 0 Å². The highest BCUT2D eigenvalue weighted by atomic mass is 16.5. The van der Waals surface area contributed by atoms with Gasteiger partial charge in [0.05, 0.1) is 24.9 Å². The highest BCUT2D eigenvalue weighted by Gasteiger charge is 2.14. The second kappa shape index (κ2) is 8.28. The van der Waals surface area contributed by atoms with E-state index in [2.05, 4.69) is 11.9 Å². The number of para-hydroxylation sites is 2. The summed E-state index contributed by atoms with van der Waals surface area (Å²) in [6, 6.07) is 6.67. The molecule has 0 saturated carbocycles. The summed E-state index contributed by atoms with van der Waals surface area (Å²) in [4.78, 5) is 13.3. The average Bonchev–Trinajstić information content (AvgIpc) is 2.45. The van der Waals surface area contributed by atoms with Crippen LogP contribution >= 0.6 is 0 Å². The minimum absolute atomic E-state index is 0.0388. The van der Waals surface area contributed by atoms with E-state index in [1.165, 1.54) is 11.9 Å². The van der Waals surface area contributed by atoms with Crippen LogP contribution < -0.4 is 10.1 Å². The summed E-state index contributed by atoms with van der Waals surface area (Å²) in [7, 11) is 1.53. The van der Waals surface area contributed by atoms with Crippen molar-refractivity contribution in [2.24, 2.45) is 0 Å². The van der Waals surface area contributed by atoms with Gasteiger partial charge in [-0.3, -0.25) is 0 Å². The van der Waals surface area contributed by atoms with E-state index in [9.17, 15) is 9.90 Å². The van der Waals surface area contributed by atoms with Gasteiger partial charge in [-0.05, 0) is 24.6 Å². The topological polar surface area (TPSA) is 82.0 Å². The third-order valence-corrected chi connectivity index (χ3v) is 2.64. The van der Waals surface area contributed by atoms with Gasteiger partial charge < -0.3 is 25.2 Å². The number of benzene rings is 1. The van der Waals surface area contributed by atoms with Crippen LogP contribution in [-0.4, -0.2) is 54.1 Å². The Hall–Kier alpha value is -2.05. The van der Waals surface area contributed by atoms with E-state index in [-0.39, 0.29) is 6.54 Å². The van der Waals surface area contributed by atoms with E-state index in [0.717, 1.165) is 5.57 Å². The number of anilines is 1. The number of likely N-dealkylation sites (N-methyl/N-ethyl adjacent to an activating group) is 1. The summed E-state index contributed by atoms with van der Waals surface area (Å²) in [6.45, 7) is 5.62. The maximum absolute atomic E-state index is 12.0. The minimum atomic E-state index is -0.962. The Morgan fingerprint density at radius 1 is 1.48 bits per heavy atom. The molecule has 0 spiro atoms. The molecule has 1 aromatic rings. The van der Waals surface area contributed by atoms with Gasteiger partial charge in [-0.25, -0.2) is 4.79 Å². The van der Waals surface area contributed by atoms with Crippen molar-refractivity contribution in [3.63, 3.8) is 0 Å². The van der Waals surface area contributed by atoms with E-state index in [0.29, 0.717) is 18.0 Å². The molecule has 0 aliphatic heterocycles. The first-order valence-corrected chi connectivity index (χ1v) is 6.61. The Morgan fingerprint density at radius 2 is 2.14 bits per heavy atom. The van der Waals surface area contributed by atoms with E-state index in [1.807, 2.05) is 13.0 Å². The summed E-state index contributed by atoms with van der Waals surface area (Å²) in [5.41, 5.74) is 1.41. The summed E-state index contributed by atoms with van der Waals surface area (Å²) >= 11 is 0. The van der Waals surface area contributed by atoms with Crippen LogP contribution in [0.1, 0.15) is 6.92 Å². The van der Waals surface area contributed by atoms with Crippen LogP contribution in [0.4, 0.5) is 10.5 Å². The molecule has 0 fully saturated rings. The highest BCUT2D eigenvalue weighted by molar-refractivity contribution is 5.90. The second-order valence-corrected chi connectivity index (χ2v) is 4.89. The number of amides is 2. The van der Waals surface area contributed by atoms with E-state index in [4.69, 9.17) is 9.84 Å². The van der Waals surface area contributed by atoms with Crippen LogP contribution in [0.25, 0.3) is 0 Å². The fourth-order valence-corrected chi connectivity index (χ4v) is 1.56. The van der Waals surface area contributed by atoms with Crippen LogP contribution in [-0.2, 0) is 0 Å². The van der Waals surface area contributed by atoms with E-state index in [1.54, 1.807) is 18.2 Å². The zero-order valence-electron chi connectivity index (χ0n) is 12.4. The molecule has 0 radical (unpaired) electrons. The fraction of sp³-hybridized carbons (Fsp3) is 0.400. The SMILES string of the molecule is C=C(C)COc1ccccc1NC(=O)N(C)C[C@@H](O)CO. The highest BCUT2D eigenvalue weighted by Crippen LogP contribution is 2.24. The molecule has 3 N–H and O–H groups in total. The lowest BCUT2D eigenvalue weighted by atomic mass is 10.3. The molecule has 6 nitrogen and oxygen atoms in total. The van der Waals surface area contributed by atoms with Gasteiger partial charge in [0.15, 0.2) is 0 Å². The van der Waals surface area contributed by atoms with Gasteiger partial charge in [0.1, 0.15) is 12.4 Å². The van der Waals surface area contributed by atoms with Crippen molar-refractivity contribution in [3.8, 4) is 5.75 Å². The largest absolute Gasteiger partial charge is 0.487 e. The predicted octanol–water partition coefficient (Wildman–Crippen LogP) is 1.46. The Bertz CT molecular complexity index is 490. The van der Waals surface area contributed by atoms with Crippen molar-refractivity contribution < 1.29 is 19.7 Å². The lowest BCUT2D eigenvalue weighted by molar-refractivity contribution is 0.0750. The van der Waals surface area contributed by atoms with Crippen molar-refractivity contribution in [1.82, 2.24) is 4.90 Å². The molecule has 0 aliphatic carbocycles. The Morgan fingerprint density at radius 3 is 2.76 bits per heavy atom. The number of rotatable bonds is 7. The first-order valence-electron chi connectivity index (χ1n) is 6.61. The van der Waals surface area contributed by atoms with Crippen LogP contribution in [0.3, 0.4) is 0 Å². The first-order chi connectivity index (χ1) is 9.93. The zero-order chi connectivity index (χ0) is 15.8. The maximum atomic E-state index is 12.0. The number of nitrogens with zero attached hydrogens (tertiary/aromatic N) is 1. The van der Waals surface area contributed by atoms with Crippen molar-refractivity contribution >= 4 is 11.7 Å². The Balaban J connectivity index is 2.69. The predicted molar refractivity (Wildman–Crippen MR) is 81.5 cm³/mol. The minimum Gasteiger partial charge on any atom is -0.487 e. The van der Waals surface area contributed by atoms with Crippen LogP contribution in [0.5, 0.6) is 5.75 Å². The second-order valence-electron chi connectivity index (χ2n) is 4.89. The van der Waals surface area contributed by atoms with Gasteiger partial charge in [-0.1, -0.05) is 18.7 Å². The molecule has 21 heavy (non-hydrogen) atoms. The van der Waals surface area contributed by atoms with E-state index >= 15 is 0 Å². The van der Waals surface area contributed by atoms with Crippen LogP contribution in [0.15, 0.2) is 36.4 Å². The van der Waals surface area contributed by atoms with Crippen LogP contribution in [0.2, 0.25) is 0 Å². The van der Waals surface area contributed by atoms with Gasteiger partial charge in [-0.2, -0.15) is 0 Å². The van der Waals surface area contributed by atoms with Gasteiger partial charge >= 0.3 is 6.03 Å². The van der Waals surface area contributed by atoms with Crippen molar-refractivity contribution in [3.05, 3.63) is 36.4 Å². The number of carbonyl (C=O) groups is 1. The standard InChI is InChI=1S/C15H22N2O4/c1-11(2)10-21-14-7-5-4-6-13(14)16-15(20)17(3)8-12(19)9-18/h4-7,12,18-19H,1,8-10H2,2-3H3,(H,16,20)/t12-/m1/s1. The molecule has 0 heterocycles. The molecule has 0 saturated heterocycles. The van der Waals surface area contributed by atoms with Crippen molar-refractivity contribution in [1.29, 1.82) is 0 Å². The third-order valence-electron chi connectivity index (χ3n) is 2.64. The third kappa shape index (κ3) is 5.85. The molecule has 0 unspecified atom stereocenters. The summed E-state index contributed by atoms with van der Waals surface area (Å²) in [5.74, 6) is 0.546. The lowest BCUT2D eigenvalue weighted by Gasteiger charge is -2.21. The molecule has 0 bridgehead atoms. The molecule has 6 heteroatoms. The number of nitrogens with one attached hydrogen (secondary N) is 1. The number of hydrogen-bond donors (Lipinski definition) is 3. The molecule has 1 rings (SSSR count). The number of urea groups is 1. The molecule has 2 amide bonds. The smallest absolute Gasteiger partial charge is 0.321 e. The Kier molecular flexibility index (Phi) is 6.71. The number of carbonyl (C=O) groups excluding carboxylic acids is 1. The monoisotopic (exact) mass is 294 g/mol. The summed E-state index contributed by atoms with van der Waals surface area (Å²) < 4.78 is 5.56. The molecule has 0 aliphatic rings. The molecule has 1 atom stereocenters. The molecular weight excluding hydrogens is 272 g/mol. The number of ether oxygens (including phenoxy) is 1. The summed E-state index contributed by atoms with van der Waals surface area (Å²) in [6.07, 6.45) is -0.962. The Labute approximate surface area is 124 Å². The molecular formula is C15H22N2O4. The number of aliphatic hydroxyl groups is 2. The number of hydrogen-bond acceptors (Lipinski definition) is 4. The molecule has 1 aromatic carbocycles. The maximum Gasteiger partial charge on any atom is 0.321 e.